The first-order valence-corrected chi connectivity index (χ1v) is 6.22. The molecule has 5 nitrogen and oxygen atoms in total. The molecular weight excluding hydrogens is 242 g/mol. The molecule has 0 unspecified atom stereocenters. The van der Waals surface area contributed by atoms with Gasteiger partial charge in [-0.1, -0.05) is 6.07 Å². The van der Waals surface area contributed by atoms with Crippen LogP contribution in [0.5, 0.6) is 0 Å². The Labute approximate surface area is 111 Å². The van der Waals surface area contributed by atoms with Crippen LogP contribution >= 0.6 is 0 Å². The molecule has 0 aliphatic carbocycles. The Morgan fingerprint density at radius 3 is 3.16 bits per heavy atom. The Morgan fingerprint density at radius 2 is 2.42 bits per heavy atom. The van der Waals surface area contributed by atoms with Gasteiger partial charge in [-0.05, 0) is 24.1 Å². The van der Waals surface area contributed by atoms with Crippen LogP contribution in [-0.2, 0) is 17.7 Å². The van der Waals surface area contributed by atoms with Crippen LogP contribution in [0.15, 0.2) is 30.7 Å². The fraction of sp³-hybridized carbons (Fsp3) is 0.286. The van der Waals surface area contributed by atoms with Crippen molar-refractivity contribution in [1.82, 2.24) is 9.97 Å². The zero-order valence-electron chi connectivity index (χ0n) is 10.7. The van der Waals surface area contributed by atoms with Crippen LogP contribution in [0.3, 0.4) is 0 Å². The molecule has 0 radical (unpaired) electrons. The number of aromatic nitrogens is 2. The first-order valence-electron chi connectivity index (χ1n) is 6.22. The fourth-order valence-electron chi connectivity index (χ4n) is 2.43. The lowest BCUT2D eigenvalue weighted by Crippen LogP contribution is -2.20. The van der Waals surface area contributed by atoms with Crippen molar-refractivity contribution in [3.8, 4) is 0 Å². The van der Waals surface area contributed by atoms with Crippen LogP contribution in [-0.4, -0.2) is 29.6 Å². The zero-order chi connectivity index (χ0) is 13.2. The Kier molecular flexibility index (Phi) is 2.95. The molecule has 2 aromatic rings. The second kappa shape index (κ2) is 4.76. The molecule has 0 saturated carbocycles. The minimum Gasteiger partial charge on any atom is -0.465 e. The number of carbonyl (C=O) groups is 1. The van der Waals surface area contributed by atoms with Crippen LogP contribution in [0.2, 0.25) is 0 Å². The summed E-state index contributed by atoms with van der Waals surface area (Å²) in [4.78, 5) is 21.0. The third kappa shape index (κ3) is 2.19. The number of benzene rings is 1. The van der Waals surface area contributed by atoms with E-state index in [0.29, 0.717) is 5.56 Å². The zero-order valence-corrected chi connectivity index (χ0v) is 10.7. The number of esters is 1. The molecule has 19 heavy (non-hydrogen) atoms. The number of nitrogens with zero attached hydrogens (tertiary/aromatic N) is 2. The predicted octanol–water partition coefficient (Wildman–Crippen LogP) is 1.76. The smallest absolute Gasteiger partial charge is 0.337 e. The lowest BCUT2D eigenvalue weighted by molar-refractivity contribution is 0.0601. The van der Waals surface area contributed by atoms with Gasteiger partial charge in [0.2, 0.25) is 0 Å². The average molecular weight is 257 g/mol. The lowest BCUT2D eigenvalue weighted by atomic mass is 10.1. The number of rotatable bonds is 3. The molecule has 98 valence electrons. The SMILES string of the molecule is COC(=O)c1ccc2c(c1)N(Cc1c[nH]cn1)CC2. The van der Waals surface area contributed by atoms with E-state index in [9.17, 15) is 4.79 Å². The summed E-state index contributed by atoms with van der Waals surface area (Å²) in [6, 6.07) is 5.73. The van der Waals surface area contributed by atoms with E-state index in [4.69, 9.17) is 4.74 Å². The van der Waals surface area contributed by atoms with Crippen LogP contribution in [0, 0.1) is 0 Å². The van der Waals surface area contributed by atoms with Gasteiger partial charge in [0.25, 0.3) is 0 Å². The standard InChI is InChI=1S/C14H15N3O2/c1-19-14(18)11-3-2-10-4-5-17(13(10)6-11)8-12-7-15-9-16-12/h2-3,6-7,9H,4-5,8H2,1H3,(H,15,16). The van der Waals surface area contributed by atoms with Crippen LogP contribution in [0.1, 0.15) is 21.6 Å². The molecule has 0 saturated heterocycles. The molecule has 0 fully saturated rings. The number of ether oxygens (including phenoxy) is 1. The molecule has 2 heterocycles. The first kappa shape index (κ1) is 11.8. The van der Waals surface area contributed by atoms with Gasteiger partial charge in [0.1, 0.15) is 0 Å². The molecule has 0 bridgehead atoms. The number of fused-ring (bicyclic) bond motifs is 1. The third-order valence-electron chi connectivity index (χ3n) is 3.41. The van der Waals surface area contributed by atoms with Gasteiger partial charge in [-0.2, -0.15) is 0 Å². The number of aromatic amines is 1. The van der Waals surface area contributed by atoms with Crippen LogP contribution in [0.4, 0.5) is 5.69 Å². The number of imidazole rings is 1. The molecule has 1 aromatic heterocycles. The number of H-pyrrole nitrogens is 1. The van der Waals surface area contributed by atoms with Gasteiger partial charge < -0.3 is 14.6 Å². The molecule has 3 rings (SSSR count). The molecule has 1 aromatic carbocycles. The maximum absolute atomic E-state index is 11.6. The summed E-state index contributed by atoms with van der Waals surface area (Å²) in [5, 5.41) is 0. The van der Waals surface area contributed by atoms with Crippen molar-refractivity contribution < 1.29 is 9.53 Å². The number of hydrogen-bond donors (Lipinski definition) is 1. The molecule has 0 atom stereocenters. The van der Waals surface area contributed by atoms with Gasteiger partial charge in [0, 0.05) is 18.4 Å². The molecule has 1 N–H and O–H groups in total. The van der Waals surface area contributed by atoms with Gasteiger partial charge in [-0.15, -0.1) is 0 Å². The highest BCUT2D eigenvalue weighted by molar-refractivity contribution is 5.91. The van der Waals surface area contributed by atoms with E-state index < -0.39 is 0 Å². The second-order valence-electron chi connectivity index (χ2n) is 4.57. The predicted molar refractivity (Wildman–Crippen MR) is 71.1 cm³/mol. The van der Waals surface area contributed by atoms with E-state index >= 15 is 0 Å². The van der Waals surface area contributed by atoms with Crippen LogP contribution in [0.25, 0.3) is 0 Å². The summed E-state index contributed by atoms with van der Waals surface area (Å²) in [6.07, 6.45) is 4.57. The van der Waals surface area contributed by atoms with Crippen molar-refractivity contribution >= 4 is 11.7 Å². The summed E-state index contributed by atoms with van der Waals surface area (Å²) in [5.41, 5.74) is 3.96. The lowest BCUT2D eigenvalue weighted by Gasteiger charge is -2.18. The Balaban J connectivity index is 1.88. The Bertz CT molecular complexity index is 593. The van der Waals surface area contributed by atoms with Crippen LogP contribution < -0.4 is 4.90 Å². The number of nitrogens with one attached hydrogen (secondary N) is 1. The largest absolute Gasteiger partial charge is 0.465 e. The Morgan fingerprint density at radius 1 is 1.53 bits per heavy atom. The summed E-state index contributed by atoms with van der Waals surface area (Å²) < 4.78 is 4.76. The molecule has 5 heteroatoms. The minimum absolute atomic E-state index is 0.297. The molecule has 1 aliphatic heterocycles. The van der Waals surface area contributed by atoms with E-state index in [-0.39, 0.29) is 5.97 Å². The first-order chi connectivity index (χ1) is 9.28. The van der Waals surface area contributed by atoms with Crippen molar-refractivity contribution in [2.24, 2.45) is 0 Å². The summed E-state index contributed by atoms with van der Waals surface area (Å²) in [5.74, 6) is -0.297. The van der Waals surface area contributed by atoms with Gasteiger partial charge >= 0.3 is 5.97 Å². The molecular formula is C14H15N3O2. The van der Waals surface area contributed by atoms with E-state index in [1.807, 2.05) is 24.4 Å². The van der Waals surface area contributed by atoms with E-state index in [1.54, 1.807) is 6.33 Å². The van der Waals surface area contributed by atoms with E-state index in [0.717, 1.165) is 30.9 Å². The topological polar surface area (TPSA) is 58.2 Å². The van der Waals surface area contributed by atoms with Gasteiger partial charge in [-0.3, -0.25) is 0 Å². The van der Waals surface area contributed by atoms with Gasteiger partial charge in [-0.25, -0.2) is 9.78 Å². The quantitative estimate of drug-likeness (QED) is 0.851. The second-order valence-corrected chi connectivity index (χ2v) is 4.57. The maximum Gasteiger partial charge on any atom is 0.337 e. The molecule has 0 spiro atoms. The number of methoxy groups -OCH3 is 1. The highest BCUT2D eigenvalue weighted by Crippen LogP contribution is 2.30. The van der Waals surface area contributed by atoms with Gasteiger partial charge in [0.15, 0.2) is 0 Å². The summed E-state index contributed by atoms with van der Waals surface area (Å²) in [6.45, 7) is 1.70. The maximum atomic E-state index is 11.6. The highest BCUT2D eigenvalue weighted by Gasteiger charge is 2.21. The normalized spacial score (nSPS) is 13.4. The van der Waals surface area contributed by atoms with Crippen molar-refractivity contribution in [1.29, 1.82) is 0 Å². The van der Waals surface area contributed by atoms with Gasteiger partial charge in [0.05, 0.1) is 31.2 Å². The Hall–Kier alpha value is -2.30. The van der Waals surface area contributed by atoms with Crippen molar-refractivity contribution in [2.75, 3.05) is 18.6 Å². The highest BCUT2D eigenvalue weighted by atomic mass is 16.5. The number of hydrogen-bond acceptors (Lipinski definition) is 4. The van der Waals surface area contributed by atoms with Crippen molar-refractivity contribution in [3.63, 3.8) is 0 Å². The number of anilines is 1. The van der Waals surface area contributed by atoms with Crippen molar-refractivity contribution in [3.05, 3.63) is 47.5 Å². The monoisotopic (exact) mass is 257 g/mol. The van der Waals surface area contributed by atoms with E-state index in [1.165, 1.54) is 12.7 Å². The molecule has 1 aliphatic rings. The minimum atomic E-state index is -0.297. The summed E-state index contributed by atoms with van der Waals surface area (Å²) in [7, 11) is 1.40. The number of carbonyl (C=O) groups excluding carboxylic acids is 1. The van der Waals surface area contributed by atoms with Crippen molar-refractivity contribution in [2.45, 2.75) is 13.0 Å². The molecule has 0 amide bonds. The van der Waals surface area contributed by atoms with E-state index in [2.05, 4.69) is 14.9 Å². The third-order valence-corrected chi connectivity index (χ3v) is 3.41. The fourth-order valence-corrected chi connectivity index (χ4v) is 2.43. The average Bonchev–Trinajstić information content (AvgIpc) is 3.08. The summed E-state index contributed by atoms with van der Waals surface area (Å²) >= 11 is 0.